The van der Waals surface area contributed by atoms with Crippen molar-refractivity contribution in [2.45, 2.75) is 450 Å². The van der Waals surface area contributed by atoms with E-state index in [1.807, 2.05) is 36.4 Å². The number of carbonyl (C=O) groups excluding carboxylic acids is 6. The lowest BCUT2D eigenvalue weighted by atomic mass is 9.69. The number of quaternary nitrogens is 2. The van der Waals surface area contributed by atoms with Crippen LogP contribution >= 0.6 is 0 Å². The minimum absolute atomic E-state index is 0.0118. The second-order valence-corrected chi connectivity index (χ2v) is 46.9. The lowest BCUT2D eigenvalue weighted by Gasteiger charge is -2.37. The van der Waals surface area contributed by atoms with Crippen molar-refractivity contribution in [1.29, 1.82) is 0 Å². The number of ether oxygens (including phenoxy) is 6. The number of hydrogen-bond acceptors (Lipinski definition) is 14. The van der Waals surface area contributed by atoms with E-state index in [9.17, 15) is 39.0 Å². The summed E-state index contributed by atoms with van der Waals surface area (Å²) < 4.78 is 36.1. The number of hydrogen-bond donors (Lipinski definition) is 4. The van der Waals surface area contributed by atoms with Crippen LogP contribution in [0.3, 0.4) is 0 Å². The summed E-state index contributed by atoms with van der Waals surface area (Å²) in [5, 5.41) is 21.5. The molecular weight excluding hydrogens is 1750 g/mol. The maximum Gasteiger partial charge on any atom is 0.519 e. The Morgan fingerprint density at radius 1 is 0.307 bits per heavy atom. The fourth-order valence-corrected chi connectivity index (χ4v) is 25.2. The highest BCUT2D eigenvalue weighted by molar-refractivity contribution is 5.92. The van der Waals surface area contributed by atoms with E-state index >= 15 is 0 Å². The van der Waals surface area contributed by atoms with Gasteiger partial charge >= 0.3 is 36.1 Å². The van der Waals surface area contributed by atoms with Crippen LogP contribution in [0.5, 0.6) is 46.0 Å². The standard InChI is InChI=1S/C37H46N2O4.C31H50N2O4.C29H44O4.C25H40O2/c1-4-5-19-37(2,3)31-22-32(42-35(40)29-13-9-20-38-24-29)34(33(23-31)43-36(41)30-14-10-21-39-25-30)28-17-15-27(16-18-28)26-11-7-6-8-12-26;1-8-9-19-31(2,3)25-20-26(36-29(34)32(4)5)28(27(21-25)37-30(35)33(6)7)24-17-15-23(16-18-24)22-13-11-10-12-14-22;1-6-7-17-29(4,5)25-18-26(32-20(2)30)28(27(19-25)33-21(3)31)24-15-13-23(14-16-24)22-11-9-8-10-12-22;1-4-5-15-25(2,3)21-16-22(26)24(23(27)17-21)20-13-11-19(12-14-20)18-9-7-6-8-10-18/h9-10,13-14,20-28H,4-8,11-12,15-19H2,1-3H3;20-24H,8-19H2,1-7H3;18-19,22-24H,6-17H2,1-5H3;16-20,26-27H,4-15H2,1-3H3/p+4. The number of H-pyrrole nitrogens is 2. The Kier molecular flexibility index (Phi) is 43.1. The zero-order valence-electron chi connectivity index (χ0n) is 89.9. The number of aromatic nitrogens is 2. The summed E-state index contributed by atoms with van der Waals surface area (Å²) >= 11 is 0. The number of nitrogens with one attached hydrogen (secondary N) is 4. The van der Waals surface area contributed by atoms with Gasteiger partial charge in [0.2, 0.25) is 0 Å². The maximum atomic E-state index is 13.4. The van der Waals surface area contributed by atoms with Crippen molar-refractivity contribution in [1.82, 2.24) is 0 Å². The SMILES string of the molecule is CCCCC(C)(C)c1cc(O)c(C2CCC(C3CCCCC3)CC2)c(O)c1.CCCCC(C)(C)c1cc(OC(=O)[NH+](C)C)c(C2CCC(C3CCCCC3)CC2)c(OC(=O)[NH+](C)C)c1.CCCCC(C)(C)c1cc(OC(=O)c2ccc[nH+]c2)c(C2CCC(C3CCCCC3)CC2)c(OC(=O)c2ccc[nH+]c2)c1.CCCCC(C)(C)c1cc(OC(C)=O)c(C2CCC(C3CCCCC3)CC2)c(OC(C)=O)c1. The summed E-state index contributed by atoms with van der Waals surface area (Å²) in [5.41, 5.74) is 8.10. The summed E-state index contributed by atoms with van der Waals surface area (Å²) in [7, 11) is 7.12. The van der Waals surface area contributed by atoms with Crippen LogP contribution in [0.2, 0.25) is 0 Å². The van der Waals surface area contributed by atoms with Gasteiger partial charge in [0.25, 0.3) is 0 Å². The molecule has 140 heavy (non-hydrogen) atoms. The molecule has 0 bridgehead atoms. The zero-order chi connectivity index (χ0) is 101. The molecule has 8 aliphatic rings. The first-order valence-corrected chi connectivity index (χ1v) is 55.9. The van der Waals surface area contributed by atoms with Gasteiger partial charge in [0.1, 0.15) is 57.1 Å². The van der Waals surface area contributed by atoms with Crippen molar-refractivity contribution in [2.24, 2.45) is 47.3 Å². The van der Waals surface area contributed by atoms with Crippen molar-refractivity contribution >= 4 is 36.1 Å². The molecule has 2 amide bonds. The van der Waals surface area contributed by atoms with Gasteiger partial charge < -0.3 is 38.6 Å². The number of unbranched alkanes of at least 4 members (excludes halogenated alkanes) is 4. The molecule has 0 spiro atoms. The molecular formula is C122H184N4O14+4. The van der Waals surface area contributed by atoms with E-state index in [4.69, 9.17) is 28.4 Å². The topological polar surface area (TPSA) is 235 Å². The Hall–Kier alpha value is -8.48. The molecule has 4 aromatic carbocycles. The van der Waals surface area contributed by atoms with Crippen molar-refractivity contribution in [2.75, 3.05) is 28.2 Å². The highest BCUT2D eigenvalue weighted by Crippen LogP contribution is 2.56. The van der Waals surface area contributed by atoms with Gasteiger partial charge in [0, 0.05) is 48.2 Å². The maximum absolute atomic E-state index is 13.4. The van der Waals surface area contributed by atoms with Crippen molar-refractivity contribution in [3.05, 3.63) is 153 Å². The number of pyridine rings is 2. The second kappa shape index (κ2) is 53.9. The first-order valence-electron chi connectivity index (χ1n) is 55.9. The van der Waals surface area contributed by atoms with Gasteiger partial charge in [0.15, 0.2) is 24.8 Å². The van der Waals surface area contributed by atoms with E-state index in [0.29, 0.717) is 72.8 Å². The third-order valence-electron chi connectivity index (χ3n) is 34.2. The highest BCUT2D eigenvalue weighted by atomic mass is 16.6. The third kappa shape index (κ3) is 31.8. The van der Waals surface area contributed by atoms with Crippen LogP contribution in [0, 0.1) is 47.3 Å². The molecule has 8 saturated carbocycles. The fourth-order valence-electron chi connectivity index (χ4n) is 25.2. The molecule has 8 fully saturated rings. The number of phenols is 2. The van der Waals surface area contributed by atoms with Gasteiger partial charge in [-0.2, -0.15) is 9.59 Å². The Morgan fingerprint density at radius 2 is 0.529 bits per heavy atom. The first-order chi connectivity index (χ1) is 67.0. The molecule has 6 N–H and O–H groups in total. The van der Waals surface area contributed by atoms with Crippen molar-refractivity contribution in [3.63, 3.8) is 0 Å². The molecule has 0 radical (unpaired) electrons. The minimum Gasteiger partial charge on any atom is -0.508 e. The number of benzene rings is 4. The van der Waals surface area contributed by atoms with E-state index < -0.39 is 11.9 Å². The molecule has 18 heteroatoms. The van der Waals surface area contributed by atoms with Crippen molar-refractivity contribution in [3.8, 4) is 46.0 Å². The van der Waals surface area contributed by atoms with E-state index in [-0.39, 0.29) is 63.5 Å². The van der Waals surface area contributed by atoms with Gasteiger partial charge in [-0.3, -0.25) is 9.59 Å². The highest BCUT2D eigenvalue weighted by Gasteiger charge is 2.42. The number of phenolic OH excluding ortho intramolecular Hbond substituents is 2. The fraction of sp³-hybridized carbons (Fsp3) is 0.672. The van der Waals surface area contributed by atoms with Crippen LogP contribution in [-0.4, -0.2) is 74.5 Å². The normalized spacial score (nSPS) is 21.6. The third-order valence-corrected chi connectivity index (χ3v) is 34.2. The monoisotopic (exact) mass is 1930 g/mol. The summed E-state index contributed by atoms with van der Waals surface area (Å²) in [5.74, 6) is 10.1. The molecule has 18 nitrogen and oxygen atoms in total. The lowest BCUT2D eigenvalue weighted by molar-refractivity contribution is -0.776. The molecule has 0 saturated heterocycles. The molecule has 0 unspecified atom stereocenters. The molecule has 2 aromatic heterocycles. The van der Waals surface area contributed by atoms with E-state index in [1.54, 1.807) is 77.2 Å². The molecule has 0 atom stereocenters. The van der Waals surface area contributed by atoms with Crippen molar-refractivity contribution < 1.29 is 87.2 Å². The second-order valence-electron chi connectivity index (χ2n) is 46.9. The summed E-state index contributed by atoms with van der Waals surface area (Å²) in [4.78, 5) is 83.8. The van der Waals surface area contributed by atoms with Crippen LogP contribution in [0.15, 0.2) is 97.6 Å². The van der Waals surface area contributed by atoms with E-state index in [1.165, 1.54) is 194 Å². The minimum atomic E-state index is -0.424. The smallest absolute Gasteiger partial charge is 0.508 e. The molecule has 8 aliphatic carbocycles. The van der Waals surface area contributed by atoms with Crippen LogP contribution in [0.4, 0.5) is 9.59 Å². The molecule has 14 rings (SSSR count). The average Bonchev–Trinajstić information content (AvgIpc) is 0.775. The van der Waals surface area contributed by atoms with Crippen LogP contribution in [0.1, 0.15) is 494 Å². The molecule has 772 valence electrons. The lowest BCUT2D eigenvalue weighted by Crippen LogP contribution is -3.09. The Bertz CT molecular complexity index is 4700. The van der Waals surface area contributed by atoms with Gasteiger partial charge in [-0.15, -0.1) is 0 Å². The number of rotatable bonds is 32. The average molecular weight is 1930 g/mol. The predicted octanol–water partition coefficient (Wildman–Crippen LogP) is 28.6. The van der Waals surface area contributed by atoms with Crippen LogP contribution < -0.4 is 48.2 Å². The number of aromatic hydroxyl groups is 2. The number of aromatic amines is 2. The Labute approximate surface area is 843 Å². The quantitative estimate of drug-likeness (QED) is 0.0227. The van der Waals surface area contributed by atoms with Crippen LogP contribution in [0.25, 0.3) is 0 Å². The van der Waals surface area contributed by atoms with Gasteiger partial charge in [0.05, 0.1) is 28.2 Å². The molecule has 6 aromatic rings. The summed E-state index contributed by atoms with van der Waals surface area (Å²) in [6.07, 6.45) is 65.0. The first kappa shape index (κ1) is 112. The molecule has 2 heterocycles. The number of carbonyl (C=O) groups is 6. The number of esters is 4. The largest absolute Gasteiger partial charge is 0.519 e. The number of amides is 2. The van der Waals surface area contributed by atoms with Gasteiger partial charge in [-0.25, -0.2) is 29.4 Å². The predicted molar refractivity (Wildman–Crippen MR) is 561 cm³/mol. The zero-order valence-corrected chi connectivity index (χ0v) is 89.9. The Morgan fingerprint density at radius 3 is 0.750 bits per heavy atom. The molecule has 0 aliphatic heterocycles. The summed E-state index contributed by atoms with van der Waals surface area (Å²) in [6, 6.07) is 23.2. The van der Waals surface area contributed by atoms with E-state index in [2.05, 4.69) is 105 Å². The van der Waals surface area contributed by atoms with E-state index in [0.717, 1.165) is 220 Å². The van der Waals surface area contributed by atoms with Crippen LogP contribution in [-0.2, 0) is 31.2 Å². The van der Waals surface area contributed by atoms with Gasteiger partial charge in [-0.05, 0) is 304 Å². The van der Waals surface area contributed by atoms with Gasteiger partial charge in [-0.1, -0.05) is 263 Å². The Balaban J connectivity index is 0.000000181. The summed E-state index contributed by atoms with van der Waals surface area (Å²) in [6.45, 7) is 29.4.